The van der Waals surface area contributed by atoms with Crippen LogP contribution in [0.15, 0.2) is 5.38 Å². The highest BCUT2D eigenvalue weighted by atomic mass is 32.1. The van der Waals surface area contributed by atoms with Crippen molar-refractivity contribution in [1.29, 1.82) is 0 Å². The molecule has 112 valence electrons. The van der Waals surface area contributed by atoms with Crippen molar-refractivity contribution in [1.82, 2.24) is 15.2 Å². The normalized spacial score (nSPS) is 20.0. The largest absolute Gasteiger partial charge is 0.349 e. The van der Waals surface area contributed by atoms with Gasteiger partial charge in [-0.25, -0.2) is 4.98 Å². The fourth-order valence-corrected chi connectivity index (χ4v) is 3.34. The minimum atomic E-state index is -0.0748. The summed E-state index contributed by atoms with van der Waals surface area (Å²) in [6, 6.07) is 0.635. The summed E-state index contributed by atoms with van der Waals surface area (Å²) in [5.41, 5.74) is 6.00. The highest BCUT2D eigenvalue weighted by Gasteiger charge is 2.18. The average Bonchev–Trinajstić information content (AvgIpc) is 2.90. The van der Waals surface area contributed by atoms with Crippen LogP contribution >= 0.6 is 11.3 Å². The number of rotatable bonds is 6. The molecule has 1 amide bonds. The van der Waals surface area contributed by atoms with Crippen molar-refractivity contribution in [3.05, 3.63) is 16.1 Å². The lowest BCUT2D eigenvalue weighted by Gasteiger charge is -2.33. The summed E-state index contributed by atoms with van der Waals surface area (Å²) in [6.45, 7) is 5.59. The monoisotopic (exact) mass is 296 g/mol. The van der Waals surface area contributed by atoms with Crippen LogP contribution in [0.4, 0.5) is 0 Å². The number of nitrogens with one attached hydrogen (secondary N) is 1. The molecular formula is C14H24N4OS. The molecule has 0 aliphatic carbocycles. The van der Waals surface area contributed by atoms with Crippen molar-refractivity contribution in [2.45, 2.75) is 38.6 Å². The van der Waals surface area contributed by atoms with Crippen LogP contribution in [0.2, 0.25) is 0 Å². The first-order valence-corrected chi connectivity index (χ1v) is 8.25. The van der Waals surface area contributed by atoms with Gasteiger partial charge < -0.3 is 11.1 Å². The summed E-state index contributed by atoms with van der Waals surface area (Å²) < 4.78 is 0. The molecule has 5 nitrogen and oxygen atoms in total. The number of hydrogen-bond acceptors (Lipinski definition) is 5. The predicted molar refractivity (Wildman–Crippen MR) is 82.1 cm³/mol. The molecule has 6 heteroatoms. The Bertz CT molecular complexity index is 435. The van der Waals surface area contributed by atoms with Crippen LogP contribution in [0.25, 0.3) is 0 Å². The Morgan fingerprint density at radius 2 is 2.45 bits per heavy atom. The topological polar surface area (TPSA) is 71.2 Å². The van der Waals surface area contributed by atoms with Gasteiger partial charge in [-0.1, -0.05) is 6.42 Å². The maximum Gasteiger partial charge on any atom is 0.270 e. The number of aromatic nitrogens is 1. The number of likely N-dealkylation sites (tertiary alicyclic amines) is 1. The Hall–Kier alpha value is -0.980. The third-order valence-corrected chi connectivity index (χ3v) is 4.68. The number of thiazole rings is 1. The summed E-state index contributed by atoms with van der Waals surface area (Å²) in [5.74, 6) is -0.0748. The maximum absolute atomic E-state index is 12.0. The molecule has 1 atom stereocenters. The number of carbonyl (C=O) groups excluding carboxylic acids is 1. The van der Waals surface area contributed by atoms with Crippen LogP contribution in [-0.2, 0) is 6.42 Å². The number of amides is 1. The van der Waals surface area contributed by atoms with Crippen molar-refractivity contribution < 1.29 is 4.79 Å². The molecule has 1 aliphatic heterocycles. The van der Waals surface area contributed by atoms with Gasteiger partial charge in [0.1, 0.15) is 5.69 Å². The molecule has 1 aliphatic rings. The van der Waals surface area contributed by atoms with Gasteiger partial charge >= 0.3 is 0 Å². The van der Waals surface area contributed by atoms with E-state index >= 15 is 0 Å². The Morgan fingerprint density at radius 1 is 1.60 bits per heavy atom. The minimum Gasteiger partial charge on any atom is -0.349 e. The van der Waals surface area contributed by atoms with E-state index in [1.165, 1.54) is 30.6 Å². The van der Waals surface area contributed by atoms with Gasteiger partial charge in [0, 0.05) is 30.9 Å². The van der Waals surface area contributed by atoms with E-state index < -0.39 is 0 Å². The molecule has 1 aromatic rings. The van der Waals surface area contributed by atoms with E-state index in [2.05, 4.69) is 22.1 Å². The molecule has 0 saturated carbocycles. The van der Waals surface area contributed by atoms with Crippen molar-refractivity contribution in [3.8, 4) is 0 Å². The van der Waals surface area contributed by atoms with Crippen LogP contribution < -0.4 is 11.1 Å². The van der Waals surface area contributed by atoms with Gasteiger partial charge in [0.15, 0.2) is 0 Å². The van der Waals surface area contributed by atoms with Crippen LogP contribution in [-0.4, -0.2) is 48.0 Å². The molecule has 1 saturated heterocycles. The summed E-state index contributed by atoms with van der Waals surface area (Å²) in [4.78, 5) is 18.7. The van der Waals surface area contributed by atoms with Crippen LogP contribution in [0.5, 0.6) is 0 Å². The average molecular weight is 296 g/mol. The molecule has 2 rings (SSSR count). The van der Waals surface area contributed by atoms with Crippen molar-refractivity contribution in [3.63, 3.8) is 0 Å². The lowest BCUT2D eigenvalue weighted by Crippen LogP contribution is -2.42. The molecule has 2 heterocycles. The van der Waals surface area contributed by atoms with Gasteiger partial charge in [-0.2, -0.15) is 0 Å². The molecular weight excluding hydrogens is 272 g/mol. The van der Waals surface area contributed by atoms with Gasteiger partial charge in [-0.15, -0.1) is 11.3 Å². The highest BCUT2D eigenvalue weighted by Crippen LogP contribution is 2.15. The van der Waals surface area contributed by atoms with E-state index in [0.717, 1.165) is 24.5 Å². The standard InChI is InChI=1S/C14H24N4OS/c1-11-4-2-3-8-18(11)9-7-16-14(19)12-10-20-13(17-12)5-6-15/h10-11H,2-9,15H2,1H3,(H,16,19). The predicted octanol–water partition coefficient (Wildman–Crippen LogP) is 1.25. The Labute approximate surface area is 124 Å². The second-order valence-corrected chi connectivity index (χ2v) is 6.24. The zero-order chi connectivity index (χ0) is 14.4. The number of carbonyl (C=O) groups is 1. The quantitative estimate of drug-likeness (QED) is 0.829. The fraction of sp³-hybridized carbons (Fsp3) is 0.714. The molecule has 20 heavy (non-hydrogen) atoms. The molecule has 1 fully saturated rings. The Morgan fingerprint density at radius 3 is 3.20 bits per heavy atom. The van der Waals surface area contributed by atoms with Gasteiger partial charge in [0.05, 0.1) is 5.01 Å². The Balaban J connectivity index is 1.74. The number of nitrogens with zero attached hydrogens (tertiary/aromatic N) is 2. The van der Waals surface area contributed by atoms with Gasteiger partial charge in [-0.05, 0) is 32.9 Å². The molecule has 0 spiro atoms. The smallest absolute Gasteiger partial charge is 0.270 e. The third kappa shape index (κ3) is 4.26. The van der Waals surface area contributed by atoms with E-state index in [-0.39, 0.29) is 5.91 Å². The van der Waals surface area contributed by atoms with Gasteiger partial charge in [0.25, 0.3) is 5.91 Å². The van der Waals surface area contributed by atoms with E-state index in [0.29, 0.717) is 24.8 Å². The van der Waals surface area contributed by atoms with Gasteiger partial charge in [0.2, 0.25) is 0 Å². The van der Waals surface area contributed by atoms with Crippen LogP contribution in [0, 0.1) is 0 Å². The molecule has 0 bridgehead atoms. The SMILES string of the molecule is CC1CCCCN1CCNC(=O)c1csc(CCN)n1. The van der Waals surface area contributed by atoms with Gasteiger partial charge in [-0.3, -0.25) is 9.69 Å². The van der Waals surface area contributed by atoms with Crippen LogP contribution in [0.3, 0.4) is 0 Å². The first-order chi connectivity index (χ1) is 9.70. The zero-order valence-corrected chi connectivity index (χ0v) is 12.9. The second kappa shape index (κ2) is 7.71. The second-order valence-electron chi connectivity index (χ2n) is 5.30. The van der Waals surface area contributed by atoms with E-state index in [1.54, 1.807) is 0 Å². The van der Waals surface area contributed by atoms with E-state index in [1.807, 2.05) is 5.38 Å². The number of nitrogens with two attached hydrogens (primary N) is 1. The fourth-order valence-electron chi connectivity index (χ4n) is 2.55. The van der Waals surface area contributed by atoms with Crippen molar-refractivity contribution >= 4 is 17.2 Å². The lowest BCUT2D eigenvalue weighted by atomic mass is 10.0. The number of hydrogen-bond donors (Lipinski definition) is 2. The number of piperidine rings is 1. The summed E-state index contributed by atoms with van der Waals surface area (Å²) >= 11 is 1.50. The Kier molecular flexibility index (Phi) is 5.94. The summed E-state index contributed by atoms with van der Waals surface area (Å²) in [5, 5.41) is 5.70. The maximum atomic E-state index is 12.0. The first kappa shape index (κ1) is 15.4. The first-order valence-electron chi connectivity index (χ1n) is 7.37. The van der Waals surface area contributed by atoms with Crippen LogP contribution in [0.1, 0.15) is 41.7 Å². The zero-order valence-electron chi connectivity index (χ0n) is 12.1. The molecule has 3 N–H and O–H groups in total. The molecule has 1 unspecified atom stereocenters. The minimum absolute atomic E-state index is 0.0748. The van der Waals surface area contributed by atoms with E-state index in [9.17, 15) is 4.79 Å². The van der Waals surface area contributed by atoms with E-state index in [4.69, 9.17) is 5.73 Å². The molecule has 1 aromatic heterocycles. The lowest BCUT2D eigenvalue weighted by molar-refractivity contribution is 0.0934. The highest BCUT2D eigenvalue weighted by molar-refractivity contribution is 7.09. The molecule has 0 aromatic carbocycles. The summed E-state index contributed by atoms with van der Waals surface area (Å²) in [6.07, 6.45) is 4.60. The van der Waals surface area contributed by atoms with Crippen molar-refractivity contribution in [2.75, 3.05) is 26.2 Å². The molecule has 0 radical (unpaired) electrons. The third-order valence-electron chi connectivity index (χ3n) is 3.77. The summed E-state index contributed by atoms with van der Waals surface area (Å²) in [7, 11) is 0. The van der Waals surface area contributed by atoms with Crippen molar-refractivity contribution in [2.24, 2.45) is 5.73 Å².